The smallest absolute Gasteiger partial charge is 0.240 e. The Hall–Kier alpha value is -1.63. The molecule has 0 heterocycles. The third-order valence-corrected chi connectivity index (χ3v) is 4.65. The van der Waals surface area contributed by atoms with Crippen molar-refractivity contribution in [3.8, 4) is 5.75 Å². The molecule has 0 unspecified atom stereocenters. The molecule has 0 bridgehead atoms. The van der Waals surface area contributed by atoms with E-state index >= 15 is 0 Å². The zero-order valence-corrected chi connectivity index (χ0v) is 13.4. The minimum absolute atomic E-state index is 0.0733. The number of nitrogens with one attached hydrogen (secondary N) is 1. The van der Waals surface area contributed by atoms with Crippen molar-refractivity contribution >= 4 is 21.6 Å². The molecule has 0 aliphatic carbocycles. The fraction of sp³-hybridized carbons (Fsp3) is 0.200. The van der Waals surface area contributed by atoms with Gasteiger partial charge in [0.15, 0.2) is 0 Å². The molecular weight excluding hydrogens is 329 g/mol. The number of rotatable bonds is 6. The number of ether oxygens (including phenoxy) is 1. The SMILES string of the molecule is Cc1ccc(S(=O)(=O)NCCOc2ccc(F)cc2Cl)cc1. The predicted molar refractivity (Wildman–Crippen MR) is 83.3 cm³/mol. The minimum atomic E-state index is -3.57. The van der Waals surface area contributed by atoms with Crippen LogP contribution in [-0.2, 0) is 10.0 Å². The topological polar surface area (TPSA) is 55.4 Å². The van der Waals surface area contributed by atoms with Crippen LogP contribution in [0.1, 0.15) is 5.56 Å². The van der Waals surface area contributed by atoms with Crippen LogP contribution in [0.25, 0.3) is 0 Å². The van der Waals surface area contributed by atoms with Gasteiger partial charge in [-0.3, -0.25) is 0 Å². The van der Waals surface area contributed by atoms with E-state index in [4.69, 9.17) is 16.3 Å². The van der Waals surface area contributed by atoms with Crippen LogP contribution in [0.5, 0.6) is 5.75 Å². The highest BCUT2D eigenvalue weighted by molar-refractivity contribution is 7.89. The molecule has 0 aromatic heterocycles. The van der Waals surface area contributed by atoms with E-state index in [1.54, 1.807) is 12.1 Å². The summed E-state index contributed by atoms with van der Waals surface area (Å²) in [5.74, 6) is -0.157. The van der Waals surface area contributed by atoms with Crippen LogP contribution < -0.4 is 9.46 Å². The van der Waals surface area contributed by atoms with Gasteiger partial charge < -0.3 is 4.74 Å². The van der Waals surface area contributed by atoms with E-state index in [1.807, 2.05) is 6.92 Å². The maximum Gasteiger partial charge on any atom is 0.240 e. The van der Waals surface area contributed by atoms with E-state index < -0.39 is 15.8 Å². The Morgan fingerprint density at radius 2 is 1.86 bits per heavy atom. The second-order valence-electron chi connectivity index (χ2n) is 4.63. The summed E-state index contributed by atoms with van der Waals surface area (Å²) in [6, 6.07) is 10.3. The summed E-state index contributed by atoms with van der Waals surface area (Å²) < 4.78 is 44.7. The number of halogens is 2. The number of benzene rings is 2. The summed E-state index contributed by atoms with van der Waals surface area (Å²) in [7, 11) is -3.57. The summed E-state index contributed by atoms with van der Waals surface area (Å²) in [6.07, 6.45) is 0. The molecule has 4 nitrogen and oxygen atoms in total. The van der Waals surface area contributed by atoms with Crippen molar-refractivity contribution in [2.75, 3.05) is 13.2 Å². The van der Waals surface area contributed by atoms with E-state index in [-0.39, 0.29) is 23.1 Å². The molecule has 0 amide bonds. The van der Waals surface area contributed by atoms with Gasteiger partial charge in [-0.15, -0.1) is 0 Å². The highest BCUT2D eigenvalue weighted by Crippen LogP contribution is 2.24. The highest BCUT2D eigenvalue weighted by Gasteiger charge is 2.13. The third-order valence-electron chi connectivity index (χ3n) is 2.88. The first-order chi connectivity index (χ1) is 10.4. The van der Waals surface area contributed by atoms with Crippen LogP contribution in [0, 0.1) is 12.7 Å². The molecule has 0 aliphatic rings. The van der Waals surface area contributed by atoms with E-state index in [9.17, 15) is 12.8 Å². The summed E-state index contributed by atoms with van der Waals surface area (Å²) in [4.78, 5) is 0.193. The lowest BCUT2D eigenvalue weighted by Gasteiger charge is -2.10. The number of hydrogen-bond donors (Lipinski definition) is 1. The number of hydrogen-bond acceptors (Lipinski definition) is 3. The Morgan fingerprint density at radius 3 is 2.50 bits per heavy atom. The van der Waals surface area contributed by atoms with Crippen molar-refractivity contribution in [1.82, 2.24) is 4.72 Å². The Balaban J connectivity index is 1.89. The molecule has 118 valence electrons. The molecule has 1 N–H and O–H groups in total. The molecule has 0 spiro atoms. The molecule has 2 aromatic carbocycles. The van der Waals surface area contributed by atoms with Crippen LogP contribution in [-0.4, -0.2) is 21.6 Å². The van der Waals surface area contributed by atoms with Crippen molar-refractivity contribution in [1.29, 1.82) is 0 Å². The lowest BCUT2D eigenvalue weighted by molar-refractivity contribution is 0.322. The normalized spacial score (nSPS) is 11.4. The molecule has 0 aliphatic heterocycles. The maximum absolute atomic E-state index is 12.9. The van der Waals surface area contributed by atoms with Crippen molar-refractivity contribution < 1.29 is 17.5 Å². The van der Waals surface area contributed by atoms with Crippen molar-refractivity contribution in [3.63, 3.8) is 0 Å². The average molecular weight is 344 g/mol. The minimum Gasteiger partial charge on any atom is -0.491 e. The fourth-order valence-electron chi connectivity index (χ4n) is 1.73. The van der Waals surface area contributed by atoms with Crippen LogP contribution in [0.2, 0.25) is 5.02 Å². The second kappa shape index (κ2) is 7.09. The van der Waals surface area contributed by atoms with Gasteiger partial charge in [0.05, 0.1) is 9.92 Å². The van der Waals surface area contributed by atoms with Gasteiger partial charge >= 0.3 is 0 Å². The first-order valence-corrected chi connectivity index (χ1v) is 8.39. The van der Waals surface area contributed by atoms with Gasteiger partial charge in [-0.1, -0.05) is 29.3 Å². The third kappa shape index (κ3) is 4.43. The number of sulfonamides is 1. The fourth-order valence-corrected chi connectivity index (χ4v) is 2.96. The van der Waals surface area contributed by atoms with Crippen molar-refractivity contribution in [2.24, 2.45) is 0 Å². The summed E-state index contributed by atoms with van der Waals surface area (Å²) >= 11 is 5.81. The Morgan fingerprint density at radius 1 is 1.18 bits per heavy atom. The monoisotopic (exact) mass is 343 g/mol. The van der Waals surface area contributed by atoms with E-state index in [1.165, 1.54) is 24.3 Å². The van der Waals surface area contributed by atoms with Crippen LogP contribution in [0.3, 0.4) is 0 Å². The first-order valence-electron chi connectivity index (χ1n) is 6.53. The molecule has 0 atom stereocenters. The molecular formula is C15H15ClFNO3S. The summed E-state index contributed by atoms with van der Waals surface area (Å²) in [5, 5.41) is 0.140. The van der Waals surface area contributed by atoms with Crippen molar-refractivity contribution in [3.05, 3.63) is 58.9 Å². The summed E-state index contributed by atoms with van der Waals surface area (Å²) in [6.45, 7) is 2.03. The van der Waals surface area contributed by atoms with Crippen LogP contribution >= 0.6 is 11.6 Å². The standard InChI is InChI=1S/C15H15ClFNO3S/c1-11-2-5-13(6-3-11)22(19,20)18-8-9-21-15-7-4-12(17)10-14(15)16/h2-7,10,18H,8-9H2,1H3. The molecule has 0 saturated heterocycles. The van der Waals surface area contributed by atoms with Gasteiger partial charge in [0, 0.05) is 6.54 Å². The largest absolute Gasteiger partial charge is 0.491 e. The second-order valence-corrected chi connectivity index (χ2v) is 6.81. The average Bonchev–Trinajstić information content (AvgIpc) is 2.46. The van der Waals surface area contributed by atoms with E-state index in [2.05, 4.69) is 4.72 Å². The highest BCUT2D eigenvalue weighted by atomic mass is 35.5. The van der Waals surface area contributed by atoms with Crippen molar-refractivity contribution in [2.45, 2.75) is 11.8 Å². The maximum atomic E-state index is 12.9. The Bertz CT molecular complexity index is 748. The zero-order chi connectivity index (χ0) is 16.2. The van der Waals surface area contributed by atoms with Gasteiger partial charge in [-0.25, -0.2) is 17.5 Å². The zero-order valence-electron chi connectivity index (χ0n) is 11.8. The lowest BCUT2D eigenvalue weighted by Crippen LogP contribution is -2.28. The molecule has 2 rings (SSSR count). The Labute approximate surface area is 133 Å². The molecule has 0 radical (unpaired) electrons. The van der Waals surface area contributed by atoms with Gasteiger partial charge in [-0.2, -0.15) is 0 Å². The van der Waals surface area contributed by atoms with E-state index in [0.717, 1.165) is 11.6 Å². The number of aryl methyl sites for hydroxylation is 1. The summed E-state index contributed by atoms with van der Waals surface area (Å²) in [5.41, 5.74) is 0.980. The molecule has 22 heavy (non-hydrogen) atoms. The van der Waals surface area contributed by atoms with Gasteiger partial charge in [-0.05, 0) is 37.3 Å². The van der Waals surface area contributed by atoms with Crippen LogP contribution in [0.15, 0.2) is 47.4 Å². The lowest BCUT2D eigenvalue weighted by atomic mass is 10.2. The molecule has 0 fully saturated rings. The molecule has 7 heteroatoms. The predicted octanol–water partition coefficient (Wildman–Crippen LogP) is 3.14. The van der Waals surface area contributed by atoms with Crippen LogP contribution in [0.4, 0.5) is 4.39 Å². The first kappa shape index (κ1) is 16.7. The van der Waals surface area contributed by atoms with E-state index in [0.29, 0.717) is 5.75 Å². The Kier molecular flexibility index (Phi) is 5.39. The molecule has 2 aromatic rings. The van der Waals surface area contributed by atoms with Gasteiger partial charge in [0.1, 0.15) is 18.2 Å². The van der Waals surface area contributed by atoms with Gasteiger partial charge in [0.25, 0.3) is 0 Å². The van der Waals surface area contributed by atoms with Gasteiger partial charge in [0.2, 0.25) is 10.0 Å². The quantitative estimate of drug-likeness (QED) is 0.820. The molecule has 0 saturated carbocycles.